The van der Waals surface area contributed by atoms with E-state index in [1.54, 1.807) is 11.8 Å². The number of hydrogen-bond donors (Lipinski definition) is 0. The first-order chi connectivity index (χ1) is 12.0. The predicted molar refractivity (Wildman–Crippen MR) is 93.2 cm³/mol. The van der Waals surface area contributed by atoms with Crippen LogP contribution in [-0.2, 0) is 23.0 Å². The molecule has 0 spiro atoms. The van der Waals surface area contributed by atoms with Gasteiger partial charge in [0.25, 0.3) is 5.91 Å². The van der Waals surface area contributed by atoms with Gasteiger partial charge >= 0.3 is 0 Å². The summed E-state index contributed by atoms with van der Waals surface area (Å²) in [7, 11) is 3.46. The number of aromatic nitrogens is 2. The second-order valence-corrected chi connectivity index (χ2v) is 7.06. The lowest BCUT2D eigenvalue weighted by Gasteiger charge is -2.35. The molecule has 0 N–H and O–H groups in total. The first-order valence-electron chi connectivity index (χ1n) is 9.16. The van der Waals surface area contributed by atoms with Gasteiger partial charge in [-0.3, -0.25) is 14.3 Å². The molecule has 4 heterocycles. The Hall–Kier alpha value is -1.89. The summed E-state index contributed by atoms with van der Waals surface area (Å²) < 4.78 is 6.81. The van der Waals surface area contributed by atoms with Crippen LogP contribution in [0.15, 0.2) is 6.07 Å². The van der Waals surface area contributed by atoms with E-state index in [-0.39, 0.29) is 23.8 Å². The van der Waals surface area contributed by atoms with Crippen LogP contribution in [0.5, 0.6) is 0 Å². The van der Waals surface area contributed by atoms with E-state index in [4.69, 9.17) is 4.74 Å². The summed E-state index contributed by atoms with van der Waals surface area (Å²) in [5.74, 6) is 0.0545. The van der Waals surface area contributed by atoms with Crippen molar-refractivity contribution in [2.24, 2.45) is 13.0 Å². The molecule has 7 nitrogen and oxygen atoms in total. The van der Waals surface area contributed by atoms with Gasteiger partial charge in [-0.2, -0.15) is 5.10 Å². The Bertz CT molecular complexity index is 642. The van der Waals surface area contributed by atoms with E-state index < -0.39 is 0 Å². The Morgan fingerprint density at radius 2 is 2.16 bits per heavy atom. The number of amides is 2. The molecule has 7 heteroatoms. The normalized spacial score (nSPS) is 23.2. The largest absolute Gasteiger partial charge is 0.383 e. The number of piperidine rings is 1. The van der Waals surface area contributed by atoms with Gasteiger partial charge in [-0.1, -0.05) is 13.3 Å². The molecular weight excluding hydrogens is 320 g/mol. The van der Waals surface area contributed by atoms with Gasteiger partial charge in [0.15, 0.2) is 0 Å². The van der Waals surface area contributed by atoms with Gasteiger partial charge in [0.1, 0.15) is 5.69 Å². The molecule has 2 bridgehead atoms. The molecule has 3 fully saturated rings. The Kier molecular flexibility index (Phi) is 5.42. The summed E-state index contributed by atoms with van der Waals surface area (Å²) >= 11 is 0. The third kappa shape index (κ3) is 3.56. The fourth-order valence-electron chi connectivity index (χ4n) is 3.96. The second-order valence-electron chi connectivity index (χ2n) is 7.06. The van der Waals surface area contributed by atoms with E-state index in [0.29, 0.717) is 31.9 Å². The Labute approximate surface area is 148 Å². The molecule has 0 radical (unpaired) electrons. The van der Waals surface area contributed by atoms with Crippen LogP contribution in [0.25, 0.3) is 0 Å². The quantitative estimate of drug-likeness (QED) is 0.772. The van der Waals surface area contributed by atoms with E-state index in [0.717, 1.165) is 31.4 Å². The van der Waals surface area contributed by atoms with Crippen LogP contribution in [0.3, 0.4) is 0 Å². The van der Waals surface area contributed by atoms with Gasteiger partial charge in [0.05, 0.1) is 18.2 Å². The number of carbonyl (C=O) groups excluding carboxylic acids is 2. The molecule has 0 unspecified atom stereocenters. The van der Waals surface area contributed by atoms with E-state index in [1.165, 1.54) is 0 Å². The monoisotopic (exact) mass is 348 g/mol. The highest BCUT2D eigenvalue weighted by molar-refractivity contribution is 5.93. The maximum absolute atomic E-state index is 13.0. The van der Waals surface area contributed by atoms with Gasteiger partial charge in [0.2, 0.25) is 5.91 Å². The molecule has 0 saturated carbocycles. The Morgan fingerprint density at radius 1 is 1.36 bits per heavy atom. The molecule has 2 atom stereocenters. The summed E-state index contributed by atoms with van der Waals surface area (Å²) in [6.07, 6.45) is 3.69. The highest BCUT2D eigenvalue weighted by Crippen LogP contribution is 2.29. The molecule has 2 amide bonds. The van der Waals surface area contributed by atoms with Crippen LogP contribution in [0.2, 0.25) is 0 Å². The molecule has 4 rings (SSSR count). The smallest absolute Gasteiger partial charge is 0.272 e. The minimum atomic E-state index is -0.0945. The van der Waals surface area contributed by atoms with Crippen LogP contribution in [0, 0.1) is 5.92 Å². The Balaban J connectivity index is 1.77. The van der Waals surface area contributed by atoms with Gasteiger partial charge in [-0.05, 0) is 25.3 Å². The molecule has 25 heavy (non-hydrogen) atoms. The molecule has 3 aliphatic heterocycles. The lowest BCUT2D eigenvalue weighted by Crippen LogP contribution is -2.49. The van der Waals surface area contributed by atoms with Crippen molar-refractivity contribution in [2.75, 3.05) is 33.4 Å². The number of ether oxygens (including phenoxy) is 1. The zero-order valence-electron chi connectivity index (χ0n) is 15.4. The molecular formula is C18H28N4O3. The number of hydrogen-bond acceptors (Lipinski definition) is 4. The minimum Gasteiger partial charge on any atom is -0.383 e. The van der Waals surface area contributed by atoms with Crippen molar-refractivity contribution in [3.8, 4) is 0 Å². The fourth-order valence-corrected chi connectivity index (χ4v) is 3.96. The van der Waals surface area contributed by atoms with Crippen molar-refractivity contribution in [1.82, 2.24) is 19.6 Å². The van der Waals surface area contributed by atoms with Crippen LogP contribution in [0.4, 0.5) is 0 Å². The van der Waals surface area contributed by atoms with Gasteiger partial charge in [0, 0.05) is 39.8 Å². The number of rotatable bonds is 6. The number of aryl methyl sites for hydroxylation is 2. The molecule has 1 aromatic heterocycles. The van der Waals surface area contributed by atoms with Crippen molar-refractivity contribution >= 4 is 11.8 Å². The SMILES string of the molecule is CCCc1cc(C(=O)N2C[C@H]3CC[C@@H](C2)N(CCOC)C3=O)n(C)n1. The zero-order valence-corrected chi connectivity index (χ0v) is 15.4. The minimum absolute atomic E-state index is 0.0179. The second kappa shape index (κ2) is 7.56. The number of nitrogens with zero attached hydrogens (tertiary/aromatic N) is 4. The topological polar surface area (TPSA) is 67.7 Å². The standard InChI is InChI=1S/C18H28N4O3/c1-4-5-14-10-16(20(2)19-14)18(24)21-11-13-6-7-15(12-21)22(17(13)23)8-9-25-3/h10,13,15H,4-9,11-12H2,1-3H3/t13-,15+/m1/s1. The van der Waals surface area contributed by atoms with Crippen LogP contribution in [0.1, 0.15) is 42.4 Å². The molecule has 3 saturated heterocycles. The molecule has 3 aliphatic rings. The number of fused-ring (bicyclic) bond motifs is 4. The predicted octanol–water partition coefficient (Wildman–Crippen LogP) is 1.08. The molecule has 138 valence electrons. The molecule has 0 aliphatic carbocycles. The van der Waals surface area contributed by atoms with Crippen molar-refractivity contribution in [1.29, 1.82) is 0 Å². The highest BCUT2D eigenvalue weighted by atomic mass is 16.5. The van der Waals surface area contributed by atoms with Gasteiger partial charge < -0.3 is 14.5 Å². The summed E-state index contributed by atoms with van der Waals surface area (Å²) in [5.41, 5.74) is 1.56. The van der Waals surface area contributed by atoms with Crippen LogP contribution >= 0.6 is 0 Å². The Morgan fingerprint density at radius 3 is 2.88 bits per heavy atom. The summed E-state index contributed by atoms with van der Waals surface area (Å²) in [6.45, 7) is 4.34. The van der Waals surface area contributed by atoms with Crippen LogP contribution < -0.4 is 0 Å². The van der Waals surface area contributed by atoms with E-state index in [1.807, 2.05) is 22.9 Å². The number of carbonyl (C=O) groups is 2. The van der Waals surface area contributed by atoms with E-state index in [2.05, 4.69) is 12.0 Å². The lowest BCUT2D eigenvalue weighted by molar-refractivity contribution is -0.140. The van der Waals surface area contributed by atoms with E-state index in [9.17, 15) is 9.59 Å². The van der Waals surface area contributed by atoms with E-state index >= 15 is 0 Å². The fraction of sp³-hybridized carbons (Fsp3) is 0.722. The summed E-state index contributed by atoms with van der Waals surface area (Å²) in [4.78, 5) is 29.5. The van der Waals surface area contributed by atoms with Gasteiger partial charge in [-0.25, -0.2) is 0 Å². The van der Waals surface area contributed by atoms with Crippen LogP contribution in [-0.4, -0.2) is 70.8 Å². The summed E-state index contributed by atoms with van der Waals surface area (Å²) in [6, 6.07) is 1.98. The maximum Gasteiger partial charge on any atom is 0.272 e. The average molecular weight is 348 g/mol. The molecule has 1 aromatic rings. The summed E-state index contributed by atoms with van der Waals surface area (Å²) in [5, 5.41) is 4.44. The molecule has 0 aromatic carbocycles. The third-order valence-corrected chi connectivity index (χ3v) is 5.27. The lowest BCUT2D eigenvalue weighted by atomic mass is 9.94. The first kappa shape index (κ1) is 17.9. The van der Waals surface area contributed by atoms with Crippen molar-refractivity contribution in [3.63, 3.8) is 0 Å². The maximum atomic E-state index is 13.0. The highest BCUT2D eigenvalue weighted by Gasteiger charge is 2.42. The van der Waals surface area contributed by atoms with Crippen molar-refractivity contribution in [2.45, 2.75) is 38.6 Å². The average Bonchev–Trinajstić information content (AvgIpc) is 2.77. The first-order valence-corrected chi connectivity index (χ1v) is 9.16. The van der Waals surface area contributed by atoms with Crippen molar-refractivity contribution in [3.05, 3.63) is 17.5 Å². The third-order valence-electron chi connectivity index (χ3n) is 5.27. The number of methoxy groups -OCH3 is 1. The zero-order chi connectivity index (χ0) is 18.0. The van der Waals surface area contributed by atoms with Crippen molar-refractivity contribution < 1.29 is 14.3 Å². The van der Waals surface area contributed by atoms with Gasteiger partial charge in [-0.15, -0.1) is 0 Å².